The van der Waals surface area contributed by atoms with E-state index in [0.29, 0.717) is 28.7 Å². The van der Waals surface area contributed by atoms with Crippen LogP contribution in [-0.2, 0) is 9.59 Å². The lowest BCUT2D eigenvalue weighted by atomic mass is 10.0. The van der Waals surface area contributed by atoms with Crippen molar-refractivity contribution in [2.24, 2.45) is 9.98 Å². The number of nitrogens with zero attached hydrogens (tertiary/aromatic N) is 4. The number of halogens is 2. The average molecular weight is 670 g/mol. The van der Waals surface area contributed by atoms with Crippen molar-refractivity contribution in [1.82, 2.24) is 4.90 Å². The van der Waals surface area contributed by atoms with Crippen molar-refractivity contribution in [3.05, 3.63) is 100 Å². The molecule has 0 spiro atoms. The van der Waals surface area contributed by atoms with Crippen LogP contribution in [0.1, 0.15) is 17.5 Å². The van der Waals surface area contributed by atoms with Crippen molar-refractivity contribution < 1.29 is 24.5 Å². The van der Waals surface area contributed by atoms with Gasteiger partial charge in [-0.15, -0.1) is 11.8 Å². The van der Waals surface area contributed by atoms with Crippen molar-refractivity contribution in [2.75, 3.05) is 57.0 Å². The number of thioether (sulfide) groups is 1. The average Bonchev–Trinajstić information content (AvgIpc) is 3.22. The van der Waals surface area contributed by atoms with Gasteiger partial charge in [0.1, 0.15) is 5.75 Å². The minimum atomic E-state index is -1.26. The Morgan fingerprint density at radius 3 is 2.31 bits per heavy atom. The van der Waals surface area contributed by atoms with E-state index in [-0.39, 0.29) is 0 Å². The number of aliphatic carboxylic acids is 2. The van der Waals surface area contributed by atoms with Gasteiger partial charge in [-0.1, -0.05) is 53.5 Å². The fourth-order valence-electron chi connectivity index (χ4n) is 4.88. The lowest BCUT2D eigenvalue weighted by Gasteiger charge is -2.36. The number of rotatable bonds is 9. The first-order valence-corrected chi connectivity index (χ1v) is 16.0. The molecular formula is C33H34Cl2N4O5S. The number of ether oxygens (including phenoxy) is 1. The van der Waals surface area contributed by atoms with E-state index in [9.17, 15) is 9.59 Å². The van der Waals surface area contributed by atoms with Gasteiger partial charge in [-0.3, -0.25) is 9.89 Å². The van der Waals surface area contributed by atoms with E-state index in [2.05, 4.69) is 21.9 Å². The summed E-state index contributed by atoms with van der Waals surface area (Å²) in [6, 6.07) is 21.8. The second-order valence-electron chi connectivity index (χ2n) is 10.0. The molecule has 0 bridgehead atoms. The molecule has 0 saturated carbocycles. The van der Waals surface area contributed by atoms with Gasteiger partial charge in [0.05, 0.1) is 35.8 Å². The number of piperazine rings is 1. The molecule has 0 amide bonds. The van der Waals surface area contributed by atoms with Crippen molar-refractivity contribution >= 4 is 69.0 Å². The van der Waals surface area contributed by atoms with E-state index >= 15 is 0 Å². The Bertz CT molecular complexity index is 1570. The van der Waals surface area contributed by atoms with Crippen LogP contribution in [0, 0.1) is 0 Å². The zero-order chi connectivity index (χ0) is 32.2. The zero-order valence-electron chi connectivity index (χ0n) is 24.7. The molecule has 5 rings (SSSR count). The van der Waals surface area contributed by atoms with Gasteiger partial charge in [0.2, 0.25) is 0 Å². The van der Waals surface area contributed by atoms with Crippen LogP contribution in [0.2, 0.25) is 10.0 Å². The van der Waals surface area contributed by atoms with E-state index in [4.69, 9.17) is 48.1 Å². The molecule has 3 aromatic carbocycles. The van der Waals surface area contributed by atoms with Crippen LogP contribution in [0.4, 0.5) is 11.4 Å². The second kappa shape index (κ2) is 17.0. The van der Waals surface area contributed by atoms with Crippen LogP contribution in [-0.4, -0.2) is 89.9 Å². The van der Waals surface area contributed by atoms with Crippen molar-refractivity contribution in [3.8, 4) is 5.75 Å². The normalized spacial score (nSPS) is 14.9. The Hall–Kier alpha value is -3.83. The maximum atomic E-state index is 9.55. The maximum absolute atomic E-state index is 9.55. The zero-order valence-corrected chi connectivity index (χ0v) is 27.1. The first-order chi connectivity index (χ1) is 21.7. The van der Waals surface area contributed by atoms with Gasteiger partial charge in [-0.2, -0.15) is 0 Å². The molecular weight excluding hydrogens is 635 g/mol. The molecule has 1 fully saturated rings. The van der Waals surface area contributed by atoms with E-state index in [1.807, 2.05) is 54.6 Å². The predicted molar refractivity (Wildman–Crippen MR) is 184 cm³/mol. The summed E-state index contributed by atoms with van der Waals surface area (Å²) in [6.07, 6.45) is 2.22. The number of hydrogen-bond acceptors (Lipinski definition) is 8. The Morgan fingerprint density at radius 2 is 1.62 bits per heavy atom. The second-order valence-corrected chi connectivity index (χ2v) is 12.0. The Labute approximate surface area is 276 Å². The molecule has 236 valence electrons. The van der Waals surface area contributed by atoms with Gasteiger partial charge in [-0.05, 0) is 49.4 Å². The molecule has 2 N–H and O–H groups in total. The fraction of sp³-hybridized carbons (Fsp3) is 0.273. The maximum Gasteiger partial charge on any atom is 0.328 e. The topological polar surface area (TPSA) is 115 Å². The first kappa shape index (κ1) is 34.1. The number of carboxylic acids is 2. The van der Waals surface area contributed by atoms with Crippen molar-refractivity contribution in [3.63, 3.8) is 0 Å². The summed E-state index contributed by atoms with van der Waals surface area (Å²) in [4.78, 5) is 34.0. The summed E-state index contributed by atoms with van der Waals surface area (Å²) in [5, 5.41) is 18.0. The summed E-state index contributed by atoms with van der Waals surface area (Å²) in [7, 11) is 1.74. The van der Waals surface area contributed by atoms with E-state index in [0.717, 1.165) is 78.2 Å². The molecule has 3 aromatic rings. The van der Waals surface area contributed by atoms with E-state index in [1.165, 1.54) is 5.69 Å². The lowest BCUT2D eigenvalue weighted by molar-refractivity contribution is -0.134. The third-order valence-corrected chi connectivity index (χ3v) is 8.63. The number of hydrogen-bond donors (Lipinski definition) is 2. The number of aliphatic imine (C=N–C) groups is 2. The van der Waals surface area contributed by atoms with Gasteiger partial charge in [0.25, 0.3) is 0 Å². The lowest BCUT2D eigenvalue weighted by Crippen LogP contribution is -2.46. The third-order valence-electron chi connectivity index (χ3n) is 7.01. The van der Waals surface area contributed by atoms with Crippen LogP contribution in [0.5, 0.6) is 5.75 Å². The number of benzene rings is 3. The number of anilines is 1. The van der Waals surface area contributed by atoms with Gasteiger partial charge in [0.15, 0.2) is 0 Å². The van der Waals surface area contributed by atoms with Crippen LogP contribution in [0.25, 0.3) is 0 Å². The van der Waals surface area contributed by atoms with Gasteiger partial charge in [-0.25, -0.2) is 14.6 Å². The molecule has 2 aliphatic heterocycles. The number of fused-ring (bicyclic) bond motifs is 1. The Kier molecular flexibility index (Phi) is 12.9. The summed E-state index contributed by atoms with van der Waals surface area (Å²) >= 11 is 14.7. The Morgan fingerprint density at radius 1 is 0.933 bits per heavy atom. The molecule has 0 radical (unpaired) electrons. The highest BCUT2D eigenvalue weighted by molar-refractivity contribution is 8.14. The summed E-state index contributed by atoms with van der Waals surface area (Å²) in [5.74, 6) is -0.564. The molecule has 12 heteroatoms. The van der Waals surface area contributed by atoms with E-state index < -0.39 is 11.9 Å². The van der Waals surface area contributed by atoms with E-state index in [1.54, 1.807) is 18.9 Å². The fourth-order valence-corrected chi connectivity index (χ4v) is 6.11. The minimum Gasteiger partial charge on any atom is -0.495 e. The summed E-state index contributed by atoms with van der Waals surface area (Å²) in [5.41, 5.74) is 4.74. The third kappa shape index (κ3) is 10.1. The monoisotopic (exact) mass is 668 g/mol. The highest BCUT2D eigenvalue weighted by atomic mass is 35.5. The molecule has 2 aliphatic rings. The van der Waals surface area contributed by atoms with Crippen LogP contribution in [0.3, 0.4) is 0 Å². The largest absolute Gasteiger partial charge is 0.495 e. The summed E-state index contributed by atoms with van der Waals surface area (Å²) in [6.45, 7) is 5.76. The molecule has 0 atom stereocenters. The molecule has 0 aliphatic carbocycles. The molecule has 45 heavy (non-hydrogen) atoms. The first-order valence-electron chi connectivity index (χ1n) is 14.3. The number of carbonyl (C=O) groups is 2. The van der Waals surface area contributed by atoms with Gasteiger partial charge in [0, 0.05) is 65.3 Å². The minimum absolute atomic E-state index is 0.537. The highest BCUT2D eigenvalue weighted by Crippen LogP contribution is 2.32. The van der Waals surface area contributed by atoms with Crippen LogP contribution in [0.15, 0.2) is 88.9 Å². The SMILES string of the molecule is COc1ccccc1N1CCN(CCCSC2=Nc3ccc(Cl)cc3C(c3ccccc3Cl)=NC2)CC1.O=C(O)C=CC(=O)O. The molecule has 2 heterocycles. The van der Waals surface area contributed by atoms with Gasteiger partial charge < -0.3 is 19.8 Å². The molecule has 0 aromatic heterocycles. The standard InChI is InChI=1S/C29H30Cl2N4OS.C4H4O4/c1-36-27-10-5-4-9-26(27)35-16-14-34(15-17-35)13-6-18-37-28-20-32-29(22-7-2-3-8-24(22)31)23-19-21(30)11-12-25(23)33-28;5-3(6)1-2-4(7)8/h2-5,7-12,19H,6,13-18,20H2,1H3;1-2H,(H,5,6)(H,7,8). The van der Waals surface area contributed by atoms with Crippen LogP contribution < -0.4 is 9.64 Å². The number of para-hydroxylation sites is 2. The highest BCUT2D eigenvalue weighted by Gasteiger charge is 2.21. The van der Waals surface area contributed by atoms with Crippen molar-refractivity contribution in [1.29, 1.82) is 0 Å². The van der Waals surface area contributed by atoms with Gasteiger partial charge >= 0.3 is 11.9 Å². The van der Waals surface area contributed by atoms with Crippen molar-refractivity contribution in [2.45, 2.75) is 6.42 Å². The molecule has 1 saturated heterocycles. The van der Waals surface area contributed by atoms with Crippen LogP contribution >= 0.6 is 35.0 Å². The Balaban J connectivity index is 0.000000510. The smallest absolute Gasteiger partial charge is 0.328 e. The number of methoxy groups -OCH3 is 1. The quantitative estimate of drug-likeness (QED) is 0.195. The number of carboxylic acid groups (broad SMARTS) is 2. The summed E-state index contributed by atoms with van der Waals surface area (Å²) < 4.78 is 5.55. The predicted octanol–water partition coefficient (Wildman–Crippen LogP) is 6.54. The molecule has 0 unspecified atom stereocenters. The molecule has 9 nitrogen and oxygen atoms in total.